The Labute approximate surface area is 346 Å². The number of carbonyl (C=O) groups is 2. The second-order valence-corrected chi connectivity index (χ2v) is 15.2. The van der Waals surface area contributed by atoms with Crippen LogP contribution in [0.25, 0.3) is 44.1 Å². The number of amides is 1. The number of likely N-dealkylation sites (tertiary alicyclic amines) is 2. The number of aromatic nitrogens is 2. The molecule has 60 heavy (non-hydrogen) atoms. The van der Waals surface area contributed by atoms with E-state index in [0.29, 0.717) is 17.2 Å². The maximum absolute atomic E-state index is 13.1. The van der Waals surface area contributed by atoms with Crippen molar-refractivity contribution >= 4 is 33.7 Å². The number of aromatic amines is 2. The maximum atomic E-state index is 13.1. The molecule has 316 valence electrons. The van der Waals surface area contributed by atoms with E-state index in [1.54, 1.807) is 38.5 Å². The van der Waals surface area contributed by atoms with Crippen LogP contribution in [0.5, 0.6) is 17.2 Å². The third-order valence-electron chi connectivity index (χ3n) is 11.3. The van der Waals surface area contributed by atoms with Gasteiger partial charge in [-0.1, -0.05) is 49.2 Å². The van der Waals surface area contributed by atoms with Crippen molar-refractivity contribution in [1.82, 2.24) is 25.1 Å². The molecule has 0 spiro atoms. The molecule has 0 saturated carbocycles. The zero-order chi connectivity index (χ0) is 42.2. The molecule has 0 radical (unpaired) electrons. The number of alkyl halides is 3. The molecule has 1 amide bonds. The van der Waals surface area contributed by atoms with Crippen molar-refractivity contribution in [2.45, 2.75) is 50.9 Å². The maximum Gasteiger partial charge on any atom is 0.573 e. The first-order valence-electron chi connectivity index (χ1n) is 20.3. The number of nitrogens with one attached hydrogen (secondary N) is 3. The Morgan fingerprint density at radius 1 is 0.700 bits per heavy atom. The number of aromatic carboxylic acids is 1. The van der Waals surface area contributed by atoms with Crippen molar-refractivity contribution in [3.63, 3.8) is 0 Å². The van der Waals surface area contributed by atoms with Gasteiger partial charge in [0.25, 0.3) is 5.91 Å². The van der Waals surface area contributed by atoms with E-state index < -0.39 is 12.3 Å². The van der Waals surface area contributed by atoms with Gasteiger partial charge in [0.1, 0.15) is 28.6 Å². The van der Waals surface area contributed by atoms with E-state index in [1.807, 2.05) is 54.6 Å². The fourth-order valence-corrected chi connectivity index (χ4v) is 8.10. The standard InChI is InChI=1S/C29H35F3N4O2.C17H15NO4/c30-29(31,32)38-23-10-8-21(9-11-23)24-6-5-7-26-25(24)20-27(34-26)28(37)33-22-12-16-36(17-13-22)19-18-35-14-3-1-2-4-15-35;1-21-10-6-7-12(16(8-10)22-2)11-4-3-5-14-13(11)9-15(18-14)17(19)20/h5-11,20,22,34H,1-4,12-19H2,(H,33,37);3-9,18H,1-2H3,(H,19,20). The highest BCUT2D eigenvalue weighted by Crippen LogP contribution is 2.38. The lowest BCUT2D eigenvalue weighted by atomic mass is 10.0. The normalized spacial score (nSPS) is 15.6. The molecule has 4 aromatic carbocycles. The zero-order valence-electron chi connectivity index (χ0n) is 33.7. The largest absolute Gasteiger partial charge is 0.573 e. The molecule has 2 saturated heterocycles. The molecule has 2 aliphatic rings. The Morgan fingerprint density at radius 2 is 1.28 bits per heavy atom. The van der Waals surface area contributed by atoms with Crippen LogP contribution in [0.1, 0.15) is 59.5 Å². The summed E-state index contributed by atoms with van der Waals surface area (Å²) in [6.07, 6.45) is 2.47. The van der Waals surface area contributed by atoms with Crippen LogP contribution in [0, 0.1) is 0 Å². The van der Waals surface area contributed by atoms with Crippen LogP contribution < -0.4 is 19.5 Å². The summed E-state index contributed by atoms with van der Waals surface area (Å²) in [7, 11) is 3.19. The summed E-state index contributed by atoms with van der Waals surface area (Å²) in [4.78, 5) is 35.4. The van der Waals surface area contributed by atoms with Gasteiger partial charge >= 0.3 is 12.3 Å². The smallest absolute Gasteiger partial charge is 0.497 e. The van der Waals surface area contributed by atoms with Crippen molar-refractivity contribution < 1.29 is 42.1 Å². The molecule has 0 bridgehead atoms. The van der Waals surface area contributed by atoms with Crippen molar-refractivity contribution in [2.24, 2.45) is 0 Å². The zero-order valence-corrected chi connectivity index (χ0v) is 33.7. The summed E-state index contributed by atoms with van der Waals surface area (Å²) in [5.41, 5.74) is 5.56. The van der Waals surface area contributed by atoms with Crippen LogP contribution in [0.15, 0.2) is 91.0 Å². The first-order valence-corrected chi connectivity index (χ1v) is 20.3. The first kappa shape index (κ1) is 42.1. The summed E-state index contributed by atoms with van der Waals surface area (Å²) >= 11 is 0. The third kappa shape index (κ3) is 10.4. The molecule has 0 atom stereocenters. The molecular weight excluding hydrogens is 776 g/mol. The molecule has 2 aliphatic heterocycles. The number of hydrogen-bond acceptors (Lipinski definition) is 7. The molecule has 0 aliphatic carbocycles. The Balaban J connectivity index is 0.000000210. The number of benzene rings is 4. The lowest BCUT2D eigenvalue weighted by molar-refractivity contribution is -0.274. The van der Waals surface area contributed by atoms with Crippen molar-refractivity contribution in [3.8, 4) is 39.5 Å². The number of halogens is 3. The van der Waals surface area contributed by atoms with E-state index in [0.717, 1.165) is 83.1 Å². The Kier molecular flexibility index (Phi) is 13.3. The summed E-state index contributed by atoms with van der Waals surface area (Å²) in [6, 6.07) is 26.2. The second kappa shape index (κ2) is 18.9. The number of carboxylic acids is 1. The molecule has 14 heteroatoms. The molecule has 4 N–H and O–H groups in total. The number of ether oxygens (including phenoxy) is 3. The molecular formula is C46H50F3N5O6. The van der Waals surface area contributed by atoms with E-state index >= 15 is 0 Å². The number of fused-ring (bicyclic) bond motifs is 2. The molecule has 4 heterocycles. The van der Waals surface area contributed by atoms with Crippen LogP contribution >= 0.6 is 0 Å². The van der Waals surface area contributed by atoms with Gasteiger partial charge in [-0.25, -0.2) is 4.79 Å². The predicted molar refractivity (Wildman–Crippen MR) is 226 cm³/mol. The molecule has 11 nitrogen and oxygen atoms in total. The average Bonchev–Trinajstić information content (AvgIpc) is 3.81. The molecule has 6 aromatic rings. The number of nitrogens with zero attached hydrogens (tertiary/aromatic N) is 2. The van der Waals surface area contributed by atoms with Crippen molar-refractivity contribution in [1.29, 1.82) is 0 Å². The van der Waals surface area contributed by atoms with Gasteiger partial charge in [-0.2, -0.15) is 0 Å². The van der Waals surface area contributed by atoms with Gasteiger partial charge in [-0.05, 0) is 104 Å². The van der Waals surface area contributed by atoms with E-state index in [1.165, 1.54) is 50.9 Å². The number of H-pyrrole nitrogens is 2. The highest BCUT2D eigenvalue weighted by Gasteiger charge is 2.31. The number of piperidine rings is 1. The van der Waals surface area contributed by atoms with Gasteiger partial charge in [0.2, 0.25) is 0 Å². The van der Waals surface area contributed by atoms with Crippen molar-refractivity contribution in [3.05, 3.63) is 102 Å². The van der Waals surface area contributed by atoms with E-state index in [-0.39, 0.29) is 23.4 Å². The Morgan fingerprint density at radius 3 is 1.90 bits per heavy atom. The van der Waals surface area contributed by atoms with Crippen LogP contribution in [0.4, 0.5) is 13.2 Å². The Bertz CT molecular complexity index is 2390. The molecule has 8 rings (SSSR count). The fourth-order valence-electron chi connectivity index (χ4n) is 8.10. The second-order valence-electron chi connectivity index (χ2n) is 15.2. The topological polar surface area (TPSA) is 132 Å². The minimum atomic E-state index is -4.73. The number of carboxylic acid groups (broad SMARTS) is 1. The predicted octanol–water partition coefficient (Wildman–Crippen LogP) is 9.35. The lowest BCUT2D eigenvalue weighted by Crippen LogP contribution is -2.46. The third-order valence-corrected chi connectivity index (χ3v) is 11.3. The average molecular weight is 826 g/mol. The highest BCUT2D eigenvalue weighted by molar-refractivity contribution is 6.03. The minimum Gasteiger partial charge on any atom is -0.497 e. The quantitative estimate of drug-likeness (QED) is 0.102. The van der Waals surface area contributed by atoms with Crippen molar-refractivity contribution in [2.75, 3.05) is 53.5 Å². The first-order chi connectivity index (χ1) is 29.0. The van der Waals surface area contributed by atoms with Gasteiger partial charge in [-0.15, -0.1) is 13.2 Å². The van der Waals surface area contributed by atoms with E-state index in [9.17, 15) is 22.8 Å². The fraction of sp³-hybridized carbons (Fsp3) is 0.348. The van der Waals surface area contributed by atoms with Crippen LogP contribution in [0.2, 0.25) is 0 Å². The molecule has 2 aromatic heterocycles. The Hall–Kier alpha value is -5.99. The van der Waals surface area contributed by atoms with Gasteiger partial charge < -0.3 is 44.4 Å². The lowest BCUT2D eigenvalue weighted by Gasteiger charge is -2.33. The summed E-state index contributed by atoms with van der Waals surface area (Å²) in [5, 5.41) is 14.0. The highest BCUT2D eigenvalue weighted by atomic mass is 19.4. The van der Waals surface area contributed by atoms with Gasteiger partial charge in [0, 0.05) is 65.7 Å². The molecule has 0 unspecified atom stereocenters. The monoisotopic (exact) mass is 825 g/mol. The van der Waals surface area contributed by atoms with Crippen LogP contribution in [-0.2, 0) is 0 Å². The number of methoxy groups -OCH3 is 2. The summed E-state index contributed by atoms with van der Waals surface area (Å²) in [5.74, 6) is -0.0125. The number of carbonyl (C=O) groups excluding carboxylic acids is 1. The van der Waals surface area contributed by atoms with Gasteiger partial charge in [0.05, 0.1) is 14.2 Å². The van der Waals surface area contributed by atoms with E-state index in [4.69, 9.17) is 14.6 Å². The SMILES string of the molecule is COc1ccc(-c2cccc3[nH]c(C(=O)O)cc23)c(OC)c1.O=C(NC1CCN(CCN2CCCCCC2)CC1)c1cc2c(-c3ccc(OC(F)(F)F)cc3)cccc2[nH]1. The minimum absolute atomic E-state index is 0.135. The van der Waals surface area contributed by atoms with Gasteiger partial charge in [-0.3, -0.25) is 4.79 Å². The van der Waals surface area contributed by atoms with Crippen LogP contribution in [-0.4, -0.2) is 103 Å². The number of rotatable bonds is 11. The van der Waals surface area contributed by atoms with Crippen LogP contribution in [0.3, 0.4) is 0 Å². The molecule has 2 fully saturated rings. The summed E-state index contributed by atoms with van der Waals surface area (Å²) < 4.78 is 52.1. The van der Waals surface area contributed by atoms with E-state index in [2.05, 4.69) is 29.8 Å². The number of hydrogen-bond donors (Lipinski definition) is 4. The van der Waals surface area contributed by atoms with Gasteiger partial charge in [0.15, 0.2) is 0 Å². The summed E-state index contributed by atoms with van der Waals surface area (Å²) in [6.45, 7) is 6.64.